The summed E-state index contributed by atoms with van der Waals surface area (Å²) in [5, 5.41) is 74.8. The van der Waals surface area contributed by atoms with Crippen LogP contribution < -0.4 is 0 Å². The fraction of sp³-hybridized carbons (Fsp3) is 1.00. The standard InChI is InChI=1S/C22H41N3O11/c1-11-13(27)7-17(35-20(11)18(31)15(29)9-26)33-10-16(30)19(32)21-12(2)14(28)8-22(3,36-21)34-6-4-5-24-25-23/h11-21,26-32H,4-10H2,1-3H3/t11-,12-,13-,14-,15-,16-,17+,18-,19-,20?,21?,22+/m1/s1. The summed E-state index contributed by atoms with van der Waals surface area (Å²) in [4.78, 5) is 2.67. The number of aliphatic hydroxyl groups is 7. The molecule has 14 heteroatoms. The molecule has 0 aromatic rings. The Balaban J connectivity index is 1.95. The molecule has 2 aliphatic rings. The van der Waals surface area contributed by atoms with E-state index >= 15 is 0 Å². The number of hydrogen-bond donors (Lipinski definition) is 7. The second-order valence-corrected chi connectivity index (χ2v) is 9.83. The first-order valence-corrected chi connectivity index (χ1v) is 12.2. The van der Waals surface area contributed by atoms with Gasteiger partial charge >= 0.3 is 0 Å². The minimum atomic E-state index is -1.47. The van der Waals surface area contributed by atoms with Crippen LogP contribution in [0.25, 0.3) is 10.4 Å². The third-order valence-electron chi connectivity index (χ3n) is 6.93. The molecule has 36 heavy (non-hydrogen) atoms. The second-order valence-electron chi connectivity index (χ2n) is 9.83. The summed E-state index contributed by atoms with van der Waals surface area (Å²) in [6.45, 7) is 4.24. The van der Waals surface area contributed by atoms with Crippen molar-refractivity contribution in [2.75, 3.05) is 26.4 Å². The lowest BCUT2D eigenvalue weighted by Gasteiger charge is -2.46. The predicted octanol–water partition coefficient (Wildman–Crippen LogP) is -1.23. The van der Waals surface area contributed by atoms with Gasteiger partial charge in [0.2, 0.25) is 0 Å². The molecule has 2 aliphatic heterocycles. The Kier molecular flexibility index (Phi) is 12.2. The van der Waals surface area contributed by atoms with Crippen LogP contribution in [-0.4, -0.2) is 123 Å². The van der Waals surface area contributed by atoms with Crippen molar-refractivity contribution < 1.29 is 54.7 Å². The molecule has 0 bridgehead atoms. The van der Waals surface area contributed by atoms with E-state index in [0.29, 0.717) is 6.42 Å². The average Bonchev–Trinajstić information content (AvgIpc) is 2.85. The van der Waals surface area contributed by atoms with Crippen LogP contribution in [0.4, 0.5) is 0 Å². The summed E-state index contributed by atoms with van der Waals surface area (Å²) in [5.74, 6) is -2.33. The number of rotatable bonds is 13. The zero-order valence-electron chi connectivity index (χ0n) is 20.9. The fourth-order valence-corrected chi connectivity index (χ4v) is 4.50. The molecule has 210 valence electrons. The summed E-state index contributed by atoms with van der Waals surface area (Å²) in [7, 11) is 0. The normalized spacial score (nSPS) is 38.6. The van der Waals surface area contributed by atoms with E-state index < -0.39 is 86.0 Å². The summed E-state index contributed by atoms with van der Waals surface area (Å²) in [5.41, 5.74) is 8.35. The van der Waals surface area contributed by atoms with Crippen molar-refractivity contribution in [1.82, 2.24) is 0 Å². The van der Waals surface area contributed by atoms with E-state index in [2.05, 4.69) is 10.0 Å². The van der Waals surface area contributed by atoms with Crippen LogP contribution in [0.15, 0.2) is 5.11 Å². The molecule has 0 aromatic heterocycles. The molecule has 0 radical (unpaired) electrons. The molecule has 2 rings (SSSR count). The third kappa shape index (κ3) is 8.18. The van der Waals surface area contributed by atoms with E-state index in [1.54, 1.807) is 20.8 Å². The third-order valence-corrected chi connectivity index (χ3v) is 6.93. The van der Waals surface area contributed by atoms with E-state index in [-0.39, 0.29) is 26.0 Å². The number of azide groups is 1. The Hall–Kier alpha value is -1.13. The van der Waals surface area contributed by atoms with E-state index in [0.717, 1.165) is 0 Å². The van der Waals surface area contributed by atoms with Gasteiger partial charge < -0.3 is 54.7 Å². The highest BCUT2D eigenvalue weighted by molar-refractivity contribution is 4.92. The number of ether oxygens (including phenoxy) is 4. The van der Waals surface area contributed by atoms with E-state index in [1.165, 1.54) is 0 Å². The van der Waals surface area contributed by atoms with Crippen molar-refractivity contribution in [2.24, 2.45) is 17.0 Å². The largest absolute Gasteiger partial charge is 0.394 e. The topological polar surface area (TPSA) is 227 Å². The number of hydrogen-bond acceptors (Lipinski definition) is 12. The quantitative estimate of drug-likeness (QED) is 0.0654. The van der Waals surface area contributed by atoms with Gasteiger partial charge in [0, 0.05) is 36.1 Å². The summed E-state index contributed by atoms with van der Waals surface area (Å²) in [6.07, 6.45) is -10.2. The highest BCUT2D eigenvalue weighted by Gasteiger charge is 2.47. The van der Waals surface area contributed by atoms with Gasteiger partial charge in [-0.1, -0.05) is 19.0 Å². The maximum atomic E-state index is 10.8. The minimum absolute atomic E-state index is 0.0270. The summed E-state index contributed by atoms with van der Waals surface area (Å²) >= 11 is 0. The lowest BCUT2D eigenvalue weighted by Crippen LogP contribution is -2.57. The van der Waals surface area contributed by atoms with Gasteiger partial charge in [-0.2, -0.15) is 0 Å². The van der Waals surface area contributed by atoms with Crippen molar-refractivity contribution in [3.63, 3.8) is 0 Å². The molecule has 7 N–H and O–H groups in total. The van der Waals surface area contributed by atoms with Crippen LogP contribution in [0.2, 0.25) is 0 Å². The van der Waals surface area contributed by atoms with Gasteiger partial charge in [-0.3, -0.25) is 0 Å². The molecule has 12 atom stereocenters. The van der Waals surface area contributed by atoms with Crippen LogP contribution in [0, 0.1) is 11.8 Å². The molecule has 2 saturated heterocycles. The minimum Gasteiger partial charge on any atom is -0.394 e. The Bertz CT molecular complexity index is 715. The predicted molar refractivity (Wildman–Crippen MR) is 123 cm³/mol. The van der Waals surface area contributed by atoms with Crippen molar-refractivity contribution >= 4 is 0 Å². The maximum absolute atomic E-state index is 10.8. The van der Waals surface area contributed by atoms with Crippen LogP contribution >= 0.6 is 0 Å². The van der Waals surface area contributed by atoms with Gasteiger partial charge in [-0.15, -0.1) is 0 Å². The van der Waals surface area contributed by atoms with Crippen molar-refractivity contribution in [1.29, 1.82) is 0 Å². The van der Waals surface area contributed by atoms with Gasteiger partial charge in [0.15, 0.2) is 12.1 Å². The molecule has 2 unspecified atom stereocenters. The first-order valence-electron chi connectivity index (χ1n) is 12.2. The lowest BCUT2D eigenvalue weighted by atomic mass is 9.85. The highest BCUT2D eigenvalue weighted by atomic mass is 16.7. The van der Waals surface area contributed by atoms with Gasteiger partial charge in [0.05, 0.1) is 44.2 Å². The van der Waals surface area contributed by atoms with E-state index in [4.69, 9.17) is 29.6 Å². The molecule has 2 fully saturated rings. The molecule has 2 heterocycles. The molecule has 0 aliphatic carbocycles. The molecular formula is C22H41N3O11. The molecule has 14 nitrogen and oxygen atoms in total. The van der Waals surface area contributed by atoms with E-state index in [1.807, 2.05) is 0 Å². The number of aliphatic hydroxyl groups excluding tert-OH is 7. The van der Waals surface area contributed by atoms with Crippen molar-refractivity contribution in [3.8, 4) is 0 Å². The van der Waals surface area contributed by atoms with Crippen LogP contribution in [0.3, 0.4) is 0 Å². The molecular weight excluding hydrogens is 482 g/mol. The average molecular weight is 524 g/mol. The SMILES string of the molecule is C[C@H]1C([C@H](O)[C@H](O)CO)O[C@H](OC[C@@H](O)[C@@H](O)C2O[C@](C)(OCCCN=[N+]=[N-])C[C@@H](O)[C@H]2C)C[C@H]1O. The van der Waals surface area contributed by atoms with Gasteiger partial charge in [-0.25, -0.2) is 0 Å². The van der Waals surface area contributed by atoms with Gasteiger partial charge in [-0.05, 0) is 18.9 Å². The fourth-order valence-electron chi connectivity index (χ4n) is 4.50. The smallest absolute Gasteiger partial charge is 0.168 e. The number of nitrogens with zero attached hydrogens (tertiary/aromatic N) is 3. The second kappa shape index (κ2) is 14.1. The zero-order valence-corrected chi connectivity index (χ0v) is 20.9. The monoisotopic (exact) mass is 523 g/mol. The first-order chi connectivity index (χ1) is 16.9. The Labute approximate surface area is 210 Å². The Morgan fingerprint density at radius 3 is 2.33 bits per heavy atom. The maximum Gasteiger partial charge on any atom is 0.168 e. The molecule has 0 amide bonds. The van der Waals surface area contributed by atoms with Crippen LogP contribution in [0.1, 0.15) is 40.0 Å². The van der Waals surface area contributed by atoms with Crippen LogP contribution in [0.5, 0.6) is 0 Å². The Morgan fingerprint density at radius 1 is 1.06 bits per heavy atom. The van der Waals surface area contributed by atoms with Gasteiger partial charge in [0.25, 0.3) is 0 Å². The van der Waals surface area contributed by atoms with Gasteiger partial charge in [0.1, 0.15) is 24.4 Å². The molecule has 0 aromatic carbocycles. The van der Waals surface area contributed by atoms with Crippen molar-refractivity contribution in [2.45, 2.75) is 101 Å². The summed E-state index contributed by atoms with van der Waals surface area (Å²) in [6, 6.07) is 0. The zero-order chi connectivity index (χ0) is 27.0. The van der Waals surface area contributed by atoms with Crippen molar-refractivity contribution in [3.05, 3.63) is 10.4 Å². The molecule has 0 saturated carbocycles. The molecule has 0 spiro atoms. The Morgan fingerprint density at radius 2 is 1.69 bits per heavy atom. The first kappa shape index (κ1) is 31.1. The summed E-state index contributed by atoms with van der Waals surface area (Å²) < 4.78 is 22.9. The van der Waals surface area contributed by atoms with Crippen LogP contribution in [-0.2, 0) is 18.9 Å². The highest BCUT2D eigenvalue weighted by Crippen LogP contribution is 2.36. The van der Waals surface area contributed by atoms with E-state index in [9.17, 15) is 30.6 Å². The lowest BCUT2D eigenvalue weighted by molar-refractivity contribution is -0.321.